The minimum atomic E-state index is 0. The molecule has 9 heteroatoms. The van der Waals surface area contributed by atoms with Crippen LogP contribution >= 0.6 is 0 Å². The van der Waals surface area contributed by atoms with Crippen LogP contribution in [0.2, 0.25) is 0 Å². The second-order valence-corrected chi connectivity index (χ2v) is 15.5. The van der Waals surface area contributed by atoms with Crippen molar-refractivity contribution in [1.82, 2.24) is 0 Å². The second kappa shape index (κ2) is 48.0. The highest BCUT2D eigenvalue weighted by Crippen LogP contribution is 2.20. The van der Waals surface area contributed by atoms with Crippen molar-refractivity contribution in [2.75, 3.05) is 39.6 Å². The van der Waals surface area contributed by atoms with Gasteiger partial charge in [0.05, 0.1) is 19.8 Å². The Bertz CT molecular complexity index is 1780. The first-order chi connectivity index (χ1) is 33.0. The molecular formula is C61H92O9. The molecule has 0 radical (unpaired) electrons. The van der Waals surface area contributed by atoms with E-state index in [9.17, 15) is 0 Å². The van der Waals surface area contributed by atoms with Gasteiger partial charge >= 0.3 is 0 Å². The predicted octanol–water partition coefficient (Wildman–Crippen LogP) is 16.1. The summed E-state index contributed by atoms with van der Waals surface area (Å²) in [7, 11) is 0. The average molecular weight is 969 g/mol. The molecule has 0 saturated carbocycles. The molecule has 70 heavy (non-hydrogen) atoms. The highest BCUT2D eigenvalue weighted by atomic mass is 16.6. The molecule has 3 atom stereocenters. The van der Waals surface area contributed by atoms with Gasteiger partial charge in [-0.3, -0.25) is 0 Å². The van der Waals surface area contributed by atoms with E-state index in [1.165, 1.54) is 36.8 Å². The number of aryl methyl sites for hydroxylation is 2. The van der Waals surface area contributed by atoms with Gasteiger partial charge in [-0.05, 0) is 85.6 Å². The number of epoxide rings is 3. The summed E-state index contributed by atoms with van der Waals surface area (Å²) in [6.07, 6.45) is 6.02. The van der Waals surface area contributed by atoms with Gasteiger partial charge in [0.25, 0.3) is 0 Å². The third kappa shape index (κ3) is 44.5. The van der Waals surface area contributed by atoms with Crippen LogP contribution in [0.25, 0.3) is 0 Å². The van der Waals surface area contributed by atoms with Gasteiger partial charge in [0, 0.05) is 0 Å². The molecule has 3 unspecified atom stereocenters. The van der Waals surface area contributed by atoms with Crippen molar-refractivity contribution >= 4 is 0 Å². The maximum Gasteiger partial charge on any atom is 0.122 e. The standard InChI is InChI=1S/2C10H12O2.C9H10O2.3C6H6O.4C3H8.2CH4/c2*1-8-4-2-3-5-10(8)12-7-9-6-11-9;1-2-4-8(5-3-1)10-6-9-7-11-9;3*7-6-4-2-1-3-5-6;4*1-3-2;;/h2*2-5,9H,6-7H2,1H3;1-5,9H,6-7H2;3*1-5,7H;4*3H2,1-2H3;2*1H4. The van der Waals surface area contributed by atoms with Gasteiger partial charge in [-0.2, -0.15) is 0 Å². The molecule has 3 aliphatic rings. The van der Waals surface area contributed by atoms with Crippen molar-refractivity contribution < 1.29 is 43.7 Å². The molecule has 0 aromatic heterocycles. The molecule has 3 fully saturated rings. The Balaban J connectivity index is -0.000000740. The van der Waals surface area contributed by atoms with E-state index in [0.717, 1.165) is 37.1 Å². The molecule has 9 rings (SSSR count). The molecule has 3 saturated heterocycles. The van der Waals surface area contributed by atoms with Gasteiger partial charge in [-0.25, -0.2) is 0 Å². The highest BCUT2D eigenvalue weighted by Gasteiger charge is 2.24. The number of rotatable bonds is 9. The maximum absolute atomic E-state index is 8.63. The van der Waals surface area contributed by atoms with Gasteiger partial charge in [-0.15, -0.1) is 0 Å². The quantitative estimate of drug-likeness (QED) is 0.121. The first kappa shape index (κ1) is 68.3. The zero-order valence-electron chi connectivity index (χ0n) is 42.8. The third-order valence-electron chi connectivity index (χ3n) is 7.69. The third-order valence-corrected chi connectivity index (χ3v) is 7.69. The van der Waals surface area contributed by atoms with Crippen LogP contribution in [-0.4, -0.2) is 73.3 Å². The lowest BCUT2D eigenvalue weighted by molar-refractivity contribution is 0.262. The fraction of sp³-hybridized carbons (Fsp3) is 0.410. The number of ether oxygens (including phenoxy) is 6. The average Bonchev–Trinajstić information content (AvgIpc) is 4.19. The summed E-state index contributed by atoms with van der Waals surface area (Å²) >= 11 is 0. The first-order valence-corrected chi connectivity index (χ1v) is 24.1. The van der Waals surface area contributed by atoms with Crippen molar-refractivity contribution in [3.8, 4) is 34.5 Å². The van der Waals surface area contributed by atoms with E-state index < -0.39 is 0 Å². The molecule has 3 N–H and O–H groups in total. The largest absolute Gasteiger partial charge is 0.508 e. The molecule has 3 aliphatic heterocycles. The molecule has 0 aliphatic carbocycles. The van der Waals surface area contributed by atoms with E-state index in [1.807, 2.05) is 111 Å². The number of phenols is 3. The number of aromatic hydroxyl groups is 3. The second-order valence-electron chi connectivity index (χ2n) is 15.5. The number of benzene rings is 6. The van der Waals surface area contributed by atoms with E-state index >= 15 is 0 Å². The van der Waals surface area contributed by atoms with Gasteiger partial charge < -0.3 is 43.7 Å². The van der Waals surface area contributed by atoms with Crippen molar-refractivity contribution in [3.05, 3.63) is 181 Å². The van der Waals surface area contributed by atoms with E-state index in [-0.39, 0.29) is 14.9 Å². The first-order valence-electron chi connectivity index (χ1n) is 24.1. The van der Waals surface area contributed by atoms with Crippen molar-refractivity contribution in [1.29, 1.82) is 0 Å². The Labute approximate surface area is 425 Å². The Morgan fingerprint density at radius 1 is 0.357 bits per heavy atom. The Morgan fingerprint density at radius 3 is 0.786 bits per heavy atom. The number of para-hydroxylation sites is 6. The summed E-state index contributed by atoms with van der Waals surface area (Å²) in [5.41, 5.74) is 2.36. The van der Waals surface area contributed by atoms with Gasteiger partial charge in [0.1, 0.15) is 72.6 Å². The van der Waals surface area contributed by atoms with Crippen LogP contribution in [-0.2, 0) is 14.2 Å². The topological polar surface area (TPSA) is 126 Å². The maximum atomic E-state index is 8.63. The SMILES string of the molecule is C.C.CCC.CCC.CCC.CCC.Cc1ccccc1OCC1CO1.Cc1ccccc1OCC1CO1.Oc1ccccc1.Oc1ccccc1.Oc1ccccc1.c1ccc(OCC2CO2)cc1. The fourth-order valence-electron chi connectivity index (χ4n) is 4.28. The molecule has 0 bridgehead atoms. The Hall–Kier alpha value is -6.00. The van der Waals surface area contributed by atoms with Crippen LogP contribution in [0.3, 0.4) is 0 Å². The lowest BCUT2D eigenvalue weighted by Crippen LogP contribution is -2.04. The number of hydrogen-bond donors (Lipinski definition) is 3. The molecule has 6 aromatic carbocycles. The zero-order valence-corrected chi connectivity index (χ0v) is 42.8. The minimum absolute atomic E-state index is 0. The number of hydrogen-bond acceptors (Lipinski definition) is 9. The zero-order chi connectivity index (χ0) is 50.5. The summed E-state index contributed by atoms with van der Waals surface area (Å²) in [6.45, 7) is 25.7. The van der Waals surface area contributed by atoms with E-state index in [0.29, 0.717) is 55.4 Å². The van der Waals surface area contributed by atoms with E-state index in [4.69, 9.17) is 43.7 Å². The van der Waals surface area contributed by atoms with E-state index in [2.05, 4.69) is 55.4 Å². The lowest BCUT2D eigenvalue weighted by Gasteiger charge is -2.06. The molecule has 6 aromatic rings. The lowest BCUT2D eigenvalue weighted by atomic mass is 10.2. The molecule has 0 amide bonds. The summed E-state index contributed by atoms with van der Waals surface area (Å²) in [4.78, 5) is 0. The van der Waals surface area contributed by atoms with E-state index in [1.54, 1.807) is 72.8 Å². The number of phenolic OH excluding ortho intramolecular Hbond substituents is 3. The van der Waals surface area contributed by atoms with Crippen LogP contribution in [0.5, 0.6) is 34.5 Å². The summed E-state index contributed by atoms with van der Waals surface area (Å²) in [6, 6.07) is 52.0. The van der Waals surface area contributed by atoms with Crippen molar-refractivity contribution in [2.24, 2.45) is 0 Å². The summed E-state index contributed by atoms with van der Waals surface area (Å²) in [5, 5.41) is 25.9. The highest BCUT2D eigenvalue weighted by molar-refractivity contribution is 5.32. The molecule has 9 nitrogen and oxygen atoms in total. The molecule has 3 heterocycles. The fourth-order valence-corrected chi connectivity index (χ4v) is 4.28. The minimum Gasteiger partial charge on any atom is -0.508 e. The van der Waals surface area contributed by atoms with Crippen LogP contribution in [0.15, 0.2) is 170 Å². The molecular weight excluding hydrogens is 877 g/mol. The van der Waals surface area contributed by atoms with Crippen molar-refractivity contribution in [2.45, 2.75) is 128 Å². The smallest absolute Gasteiger partial charge is 0.122 e. The Morgan fingerprint density at radius 2 is 0.571 bits per heavy atom. The molecule has 390 valence electrons. The van der Waals surface area contributed by atoms with Crippen molar-refractivity contribution in [3.63, 3.8) is 0 Å². The monoisotopic (exact) mass is 969 g/mol. The normalized spacial score (nSPS) is 14.0. The van der Waals surface area contributed by atoms with Gasteiger partial charge in [0.2, 0.25) is 0 Å². The van der Waals surface area contributed by atoms with Gasteiger partial charge in [-0.1, -0.05) is 205 Å². The summed E-state index contributed by atoms with van der Waals surface area (Å²) in [5.74, 6) is 3.82. The molecule has 0 spiro atoms. The van der Waals surface area contributed by atoms with Crippen LogP contribution in [0.1, 0.15) is 107 Å². The van der Waals surface area contributed by atoms with Gasteiger partial charge in [0.15, 0.2) is 0 Å². The summed E-state index contributed by atoms with van der Waals surface area (Å²) < 4.78 is 31.6. The van der Waals surface area contributed by atoms with Crippen LogP contribution < -0.4 is 14.2 Å². The van der Waals surface area contributed by atoms with Crippen LogP contribution in [0.4, 0.5) is 0 Å². The predicted molar refractivity (Wildman–Crippen MR) is 296 cm³/mol. The van der Waals surface area contributed by atoms with Crippen LogP contribution in [0, 0.1) is 13.8 Å². The Kier molecular flexibility index (Phi) is 46.9.